The summed E-state index contributed by atoms with van der Waals surface area (Å²) in [6, 6.07) is 13.7. The van der Waals surface area contributed by atoms with Gasteiger partial charge >= 0.3 is 0 Å². The number of benzene rings is 1. The molecule has 0 unspecified atom stereocenters. The molecule has 0 aliphatic rings. The Morgan fingerprint density at radius 1 is 1.04 bits per heavy atom. The molecule has 3 rings (SSSR count). The van der Waals surface area contributed by atoms with Crippen molar-refractivity contribution in [1.29, 1.82) is 0 Å². The van der Waals surface area contributed by atoms with E-state index in [0.717, 1.165) is 11.3 Å². The van der Waals surface area contributed by atoms with E-state index in [1.54, 1.807) is 30.5 Å². The number of ether oxygens (including phenoxy) is 1. The van der Waals surface area contributed by atoms with Crippen LogP contribution in [0.15, 0.2) is 54.7 Å². The highest BCUT2D eigenvalue weighted by atomic mass is 19.1. The smallest absolute Gasteiger partial charge is 0.224 e. The van der Waals surface area contributed by atoms with E-state index in [9.17, 15) is 4.39 Å². The Kier molecular flexibility index (Phi) is 5.18. The van der Waals surface area contributed by atoms with Gasteiger partial charge in [0.05, 0.1) is 5.69 Å². The number of hydrogen-bond donors (Lipinski definition) is 1. The first kappa shape index (κ1) is 16.8. The molecule has 0 saturated heterocycles. The first-order valence-corrected chi connectivity index (χ1v) is 8.07. The summed E-state index contributed by atoms with van der Waals surface area (Å²) in [5.41, 5.74) is 1.73. The van der Waals surface area contributed by atoms with Gasteiger partial charge in [0.25, 0.3) is 0 Å². The van der Waals surface area contributed by atoms with Gasteiger partial charge in [0.15, 0.2) is 11.6 Å². The molecule has 128 valence electrons. The predicted octanol–water partition coefficient (Wildman–Crippen LogP) is 4.54. The van der Waals surface area contributed by atoms with Gasteiger partial charge in [0, 0.05) is 18.3 Å². The van der Waals surface area contributed by atoms with E-state index in [1.807, 2.05) is 18.2 Å². The Bertz CT molecular complexity index is 837. The summed E-state index contributed by atoms with van der Waals surface area (Å²) in [5, 5.41) is 11.5. The fraction of sp³-hybridized carbons (Fsp3) is 0.211. The van der Waals surface area contributed by atoms with Crippen LogP contribution in [0.5, 0.6) is 11.6 Å². The monoisotopic (exact) mass is 338 g/mol. The summed E-state index contributed by atoms with van der Waals surface area (Å²) in [5.74, 6) is 1.06. The fourth-order valence-corrected chi connectivity index (χ4v) is 2.21. The Hall–Kier alpha value is -3.02. The minimum atomic E-state index is -0.429. The standard InChI is InChI=1S/C19H19FN4O/c1-13(2)16-9-10-18(24-23-16)22-12-14-6-5-11-21-19(14)25-17-8-4-3-7-15(17)20/h3-11,13H,12H2,1-2H3,(H,22,24). The first-order valence-electron chi connectivity index (χ1n) is 8.07. The molecule has 0 bridgehead atoms. The Morgan fingerprint density at radius 3 is 2.60 bits per heavy atom. The molecule has 0 aliphatic carbocycles. The third-order valence-corrected chi connectivity index (χ3v) is 3.63. The van der Waals surface area contributed by atoms with E-state index < -0.39 is 5.82 Å². The lowest BCUT2D eigenvalue weighted by Crippen LogP contribution is -2.06. The molecule has 0 radical (unpaired) electrons. The zero-order valence-corrected chi connectivity index (χ0v) is 14.1. The van der Waals surface area contributed by atoms with Crippen molar-refractivity contribution in [3.05, 3.63) is 71.8 Å². The quantitative estimate of drug-likeness (QED) is 0.715. The highest BCUT2D eigenvalue weighted by molar-refractivity contribution is 5.38. The molecule has 2 aromatic heterocycles. The van der Waals surface area contributed by atoms with Gasteiger partial charge in [-0.25, -0.2) is 9.37 Å². The number of halogens is 1. The number of hydrogen-bond acceptors (Lipinski definition) is 5. The van der Waals surface area contributed by atoms with Crippen molar-refractivity contribution >= 4 is 5.82 Å². The first-order chi connectivity index (χ1) is 12.1. The molecule has 0 spiro atoms. The number of nitrogens with zero attached hydrogens (tertiary/aromatic N) is 3. The molecular formula is C19H19FN4O. The van der Waals surface area contributed by atoms with E-state index in [-0.39, 0.29) is 5.75 Å². The number of nitrogens with one attached hydrogen (secondary N) is 1. The molecule has 0 atom stereocenters. The number of rotatable bonds is 6. The minimum Gasteiger partial charge on any atom is -0.436 e. The van der Waals surface area contributed by atoms with Crippen molar-refractivity contribution in [3.8, 4) is 11.6 Å². The molecule has 3 aromatic rings. The summed E-state index contributed by atoms with van der Waals surface area (Å²) in [4.78, 5) is 4.20. The lowest BCUT2D eigenvalue weighted by molar-refractivity contribution is 0.423. The van der Waals surface area contributed by atoms with Gasteiger partial charge in [-0.05, 0) is 36.2 Å². The van der Waals surface area contributed by atoms with Gasteiger partial charge in [-0.15, -0.1) is 5.10 Å². The van der Waals surface area contributed by atoms with Crippen LogP contribution in [0.1, 0.15) is 31.0 Å². The van der Waals surface area contributed by atoms with Gasteiger partial charge in [0.1, 0.15) is 5.82 Å². The zero-order chi connectivity index (χ0) is 17.6. The van der Waals surface area contributed by atoms with Crippen LogP contribution in [0.3, 0.4) is 0 Å². The van der Waals surface area contributed by atoms with Crippen LogP contribution in [-0.2, 0) is 6.54 Å². The molecule has 1 N–H and O–H groups in total. The molecular weight excluding hydrogens is 319 g/mol. The molecule has 6 heteroatoms. The second kappa shape index (κ2) is 7.70. The second-order valence-corrected chi connectivity index (χ2v) is 5.85. The molecule has 0 amide bonds. The third kappa shape index (κ3) is 4.29. The molecule has 0 fully saturated rings. The van der Waals surface area contributed by atoms with Gasteiger partial charge in [0.2, 0.25) is 5.88 Å². The average molecular weight is 338 g/mol. The molecule has 25 heavy (non-hydrogen) atoms. The van der Waals surface area contributed by atoms with Crippen LogP contribution in [-0.4, -0.2) is 15.2 Å². The van der Waals surface area contributed by atoms with Gasteiger partial charge in [-0.3, -0.25) is 0 Å². The van der Waals surface area contributed by atoms with E-state index in [0.29, 0.717) is 24.2 Å². The largest absolute Gasteiger partial charge is 0.436 e. The van der Waals surface area contributed by atoms with E-state index in [1.165, 1.54) is 6.07 Å². The van der Waals surface area contributed by atoms with Crippen molar-refractivity contribution < 1.29 is 9.13 Å². The van der Waals surface area contributed by atoms with Crippen LogP contribution >= 0.6 is 0 Å². The Morgan fingerprint density at radius 2 is 1.88 bits per heavy atom. The predicted molar refractivity (Wildman–Crippen MR) is 94.2 cm³/mol. The Balaban J connectivity index is 1.72. The fourth-order valence-electron chi connectivity index (χ4n) is 2.21. The zero-order valence-electron chi connectivity index (χ0n) is 14.1. The van der Waals surface area contributed by atoms with Crippen molar-refractivity contribution in [2.24, 2.45) is 0 Å². The van der Waals surface area contributed by atoms with Crippen LogP contribution in [0.25, 0.3) is 0 Å². The molecule has 2 heterocycles. The SMILES string of the molecule is CC(C)c1ccc(NCc2cccnc2Oc2ccccc2F)nn1. The molecule has 0 saturated carbocycles. The number of pyridine rings is 1. The van der Waals surface area contributed by atoms with E-state index >= 15 is 0 Å². The van der Waals surface area contributed by atoms with Crippen LogP contribution < -0.4 is 10.1 Å². The number of para-hydroxylation sites is 1. The van der Waals surface area contributed by atoms with Crippen molar-refractivity contribution in [1.82, 2.24) is 15.2 Å². The van der Waals surface area contributed by atoms with Gasteiger partial charge < -0.3 is 10.1 Å². The highest BCUT2D eigenvalue weighted by Gasteiger charge is 2.10. The van der Waals surface area contributed by atoms with Crippen LogP contribution in [0, 0.1) is 5.82 Å². The number of aromatic nitrogens is 3. The van der Waals surface area contributed by atoms with Crippen molar-refractivity contribution in [2.75, 3.05) is 5.32 Å². The van der Waals surface area contributed by atoms with Gasteiger partial charge in [-0.1, -0.05) is 32.0 Å². The topological polar surface area (TPSA) is 59.9 Å². The summed E-state index contributed by atoms with van der Waals surface area (Å²) >= 11 is 0. The number of anilines is 1. The summed E-state index contributed by atoms with van der Waals surface area (Å²) in [6.07, 6.45) is 1.61. The third-order valence-electron chi connectivity index (χ3n) is 3.63. The van der Waals surface area contributed by atoms with Crippen LogP contribution in [0.2, 0.25) is 0 Å². The molecule has 5 nitrogen and oxygen atoms in total. The minimum absolute atomic E-state index is 0.142. The lowest BCUT2D eigenvalue weighted by Gasteiger charge is -2.11. The average Bonchev–Trinajstić information content (AvgIpc) is 2.63. The van der Waals surface area contributed by atoms with Crippen molar-refractivity contribution in [2.45, 2.75) is 26.3 Å². The maximum atomic E-state index is 13.8. The highest BCUT2D eigenvalue weighted by Crippen LogP contribution is 2.25. The second-order valence-electron chi connectivity index (χ2n) is 5.85. The van der Waals surface area contributed by atoms with Crippen LogP contribution in [0.4, 0.5) is 10.2 Å². The van der Waals surface area contributed by atoms with Gasteiger partial charge in [-0.2, -0.15) is 5.10 Å². The lowest BCUT2D eigenvalue weighted by atomic mass is 10.1. The normalized spacial score (nSPS) is 10.7. The van der Waals surface area contributed by atoms with E-state index in [2.05, 4.69) is 34.3 Å². The summed E-state index contributed by atoms with van der Waals surface area (Å²) < 4.78 is 19.4. The molecule has 0 aliphatic heterocycles. The maximum Gasteiger partial charge on any atom is 0.224 e. The summed E-state index contributed by atoms with van der Waals surface area (Å²) in [7, 11) is 0. The summed E-state index contributed by atoms with van der Waals surface area (Å²) in [6.45, 7) is 4.57. The van der Waals surface area contributed by atoms with E-state index in [4.69, 9.17) is 4.74 Å². The maximum absolute atomic E-state index is 13.8. The Labute approximate surface area is 145 Å². The molecule has 1 aromatic carbocycles. The van der Waals surface area contributed by atoms with Crippen molar-refractivity contribution in [3.63, 3.8) is 0 Å².